The maximum absolute atomic E-state index is 12.7. The zero-order valence-electron chi connectivity index (χ0n) is 45.2. The van der Waals surface area contributed by atoms with Crippen LogP contribution in [0.4, 0.5) is 0 Å². The number of unbranched alkanes of at least 4 members (excludes halogenated alkanes) is 12. The van der Waals surface area contributed by atoms with Crippen molar-refractivity contribution in [2.24, 2.45) is 0 Å². The molecule has 0 heterocycles. The van der Waals surface area contributed by atoms with E-state index in [1.807, 2.05) is 123 Å². The fraction of sp³-hybridized carbons (Fsp3) is 0.500. The van der Waals surface area contributed by atoms with E-state index in [0.29, 0.717) is 52.1 Å². The Hall–Kier alpha value is -6.60. The first-order valence-electron chi connectivity index (χ1n) is 27.5. The molecule has 12 nitrogen and oxygen atoms in total. The van der Waals surface area contributed by atoms with Gasteiger partial charge in [0.25, 0.3) is 0 Å². The second kappa shape index (κ2) is 40.7. The van der Waals surface area contributed by atoms with E-state index in [4.69, 9.17) is 37.9 Å². The van der Waals surface area contributed by atoms with Crippen molar-refractivity contribution in [1.29, 1.82) is 0 Å². The molecule has 0 saturated heterocycles. The number of hydrogen-bond donors (Lipinski definition) is 0. The van der Waals surface area contributed by atoms with E-state index in [1.165, 1.54) is 0 Å². The van der Waals surface area contributed by atoms with Crippen molar-refractivity contribution in [1.82, 2.24) is 0 Å². The summed E-state index contributed by atoms with van der Waals surface area (Å²) in [5.74, 6) is 12.4. The van der Waals surface area contributed by atoms with Crippen LogP contribution in [0.2, 0.25) is 0 Å². The normalized spacial score (nSPS) is 11.4. The lowest BCUT2D eigenvalue weighted by atomic mass is 10.1. The fourth-order valence-electron chi connectivity index (χ4n) is 7.68. The van der Waals surface area contributed by atoms with Crippen molar-refractivity contribution in [3.8, 4) is 35.2 Å². The highest BCUT2D eigenvalue weighted by Crippen LogP contribution is 2.16. The highest BCUT2D eigenvalue weighted by atomic mass is 16.6. The van der Waals surface area contributed by atoms with Gasteiger partial charge in [0.15, 0.2) is 12.2 Å². The van der Waals surface area contributed by atoms with E-state index >= 15 is 0 Å². The van der Waals surface area contributed by atoms with Gasteiger partial charge in [-0.1, -0.05) is 159 Å². The van der Waals surface area contributed by atoms with Gasteiger partial charge in [0.2, 0.25) is 0 Å². The minimum Gasteiger partial charge on any atom is -0.494 e. The molecule has 0 bridgehead atoms. The summed E-state index contributed by atoms with van der Waals surface area (Å²) in [5, 5.41) is 0. The summed E-state index contributed by atoms with van der Waals surface area (Å²) in [7, 11) is 0. The molecule has 4 aromatic rings. The maximum Gasteiger partial charge on any atom is 0.306 e. The number of carbonyl (C=O) groups excluding carboxylic acids is 4. The predicted molar refractivity (Wildman–Crippen MR) is 295 cm³/mol. The van der Waals surface area contributed by atoms with Crippen LogP contribution >= 0.6 is 0 Å². The second-order valence-corrected chi connectivity index (χ2v) is 19.0. The van der Waals surface area contributed by atoms with Crippen molar-refractivity contribution in [3.05, 3.63) is 131 Å². The summed E-state index contributed by atoms with van der Waals surface area (Å²) in [4.78, 5) is 50.5. The minimum absolute atomic E-state index is 0.0530. The molecule has 4 aromatic carbocycles. The third-order valence-corrected chi connectivity index (χ3v) is 12.0. The molecule has 12 heteroatoms. The average Bonchev–Trinajstić information content (AvgIpc) is 3.42. The van der Waals surface area contributed by atoms with Crippen molar-refractivity contribution < 1.29 is 57.1 Å². The molecular weight excluding hydrogens is 961 g/mol. The van der Waals surface area contributed by atoms with Crippen molar-refractivity contribution in [2.75, 3.05) is 39.6 Å². The smallest absolute Gasteiger partial charge is 0.306 e. The molecule has 0 unspecified atom stereocenters. The van der Waals surface area contributed by atoms with E-state index in [-0.39, 0.29) is 63.1 Å². The summed E-state index contributed by atoms with van der Waals surface area (Å²) in [5.41, 5.74) is 4.30. The molecule has 0 amide bonds. The SMILES string of the molecule is Cc1ccc(OCCCC(=O)O[C@@H](COCc2ccccc2)COC(=O)CCCCCCCCC#CC#CCCCCCCCCC(=O)OC[C@H](COCc2ccccc2)OC(=O)CCCOc2ccc(C)cc2)cc1. The van der Waals surface area contributed by atoms with Crippen molar-refractivity contribution >= 4 is 23.9 Å². The Labute approximate surface area is 453 Å². The van der Waals surface area contributed by atoms with E-state index < -0.39 is 12.2 Å². The second-order valence-electron chi connectivity index (χ2n) is 19.0. The average molecular weight is 1040 g/mol. The minimum atomic E-state index is -0.701. The number of rotatable bonds is 40. The van der Waals surface area contributed by atoms with Crippen LogP contribution in [0.3, 0.4) is 0 Å². The fourth-order valence-corrected chi connectivity index (χ4v) is 7.68. The Balaban J connectivity index is 0.956. The lowest BCUT2D eigenvalue weighted by molar-refractivity contribution is -0.163. The Morgan fingerprint density at radius 1 is 0.395 bits per heavy atom. The zero-order valence-corrected chi connectivity index (χ0v) is 45.2. The Morgan fingerprint density at radius 3 is 1.14 bits per heavy atom. The highest BCUT2D eigenvalue weighted by Gasteiger charge is 2.20. The molecule has 410 valence electrons. The van der Waals surface area contributed by atoms with Gasteiger partial charge in [-0.3, -0.25) is 19.2 Å². The molecular formula is C64H82O12. The summed E-state index contributed by atoms with van der Waals surface area (Å²) in [6.07, 6.45) is 14.0. The van der Waals surface area contributed by atoms with Crippen LogP contribution in [0.5, 0.6) is 11.5 Å². The van der Waals surface area contributed by atoms with Crippen LogP contribution in [-0.4, -0.2) is 75.7 Å². The van der Waals surface area contributed by atoms with E-state index in [1.54, 1.807) is 0 Å². The van der Waals surface area contributed by atoms with Gasteiger partial charge in [0.1, 0.15) is 24.7 Å². The van der Waals surface area contributed by atoms with Crippen LogP contribution < -0.4 is 9.47 Å². The number of hydrogen-bond acceptors (Lipinski definition) is 12. The number of benzene rings is 4. The zero-order chi connectivity index (χ0) is 53.9. The molecule has 2 atom stereocenters. The third kappa shape index (κ3) is 32.0. The molecule has 0 saturated carbocycles. The molecule has 0 aliphatic carbocycles. The number of carbonyl (C=O) groups is 4. The van der Waals surface area contributed by atoms with Gasteiger partial charge >= 0.3 is 23.9 Å². The van der Waals surface area contributed by atoms with Gasteiger partial charge in [0, 0.05) is 38.5 Å². The maximum atomic E-state index is 12.7. The van der Waals surface area contributed by atoms with Crippen LogP contribution in [0.15, 0.2) is 109 Å². The van der Waals surface area contributed by atoms with Gasteiger partial charge in [-0.2, -0.15) is 0 Å². The van der Waals surface area contributed by atoms with E-state index in [0.717, 1.165) is 124 Å². The first kappa shape index (κ1) is 61.9. The van der Waals surface area contributed by atoms with Gasteiger partial charge in [0.05, 0.1) is 39.6 Å². The summed E-state index contributed by atoms with van der Waals surface area (Å²) >= 11 is 0. The molecule has 0 N–H and O–H groups in total. The summed E-state index contributed by atoms with van der Waals surface area (Å²) in [6, 6.07) is 35.0. The van der Waals surface area contributed by atoms with Gasteiger partial charge in [-0.25, -0.2) is 0 Å². The van der Waals surface area contributed by atoms with Crippen molar-refractivity contribution in [3.63, 3.8) is 0 Å². The topological polar surface area (TPSA) is 142 Å². The van der Waals surface area contributed by atoms with Gasteiger partial charge < -0.3 is 37.9 Å². The molecule has 0 fully saturated rings. The predicted octanol–water partition coefficient (Wildman–Crippen LogP) is 12.9. The highest BCUT2D eigenvalue weighted by molar-refractivity contribution is 5.71. The van der Waals surface area contributed by atoms with Crippen LogP contribution in [-0.2, 0) is 60.8 Å². The lowest BCUT2D eigenvalue weighted by Crippen LogP contribution is -2.30. The number of ether oxygens (including phenoxy) is 8. The van der Waals surface area contributed by atoms with Gasteiger partial charge in [-0.15, -0.1) is 0 Å². The van der Waals surface area contributed by atoms with Crippen LogP contribution in [0, 0.1) is 37.5 Å². The molecule has 0 aliphatic heterocycles. The first-order valence-corrected chi connectivity index (χ1v) is 27.5. The quantitative estimate of drug-likeness (QED) is 0.0181. The largest absolute Gasteiger partial charge is 0.494 e. The molecule has 76 heavy (non-hydrogen) atoms. The Bertz CT molecular complexity index is 2150. The van der Waals surface area contributed by atoms with Crippen LogP contribution in [0.25, 0.3) is 0 Å². The molecule has 0 aliphatic rings. The third-order valence-electron chi connectivity index (χ3n) is 12.0. The number of esters is 4. The summed E-state index contributed by atoms with van der Waals surface area (Å²) < 4.78 is 45.5. The van der Waals surface area contributed by atoms with E-state index in [2.05, 4.69) is 23.7 Å². The standard InChI is InChI=1S/C64H82O12/c1-53-37-41-57(42-38-53)71-45-27-35-63(67)75-59(49-69-47-55-29-21-19-22-30-55)51-73-61(65)33-25-17-15-13-11-9-7-5-3-4-6-8-10-12-14-16-18-26-34-62(66)74-52-60(50-70-48-56-31-23-20-24-32-56)76-64(68)36-28-46-72-58-43-39-54(2)40-44-58/h19-24,29-32,37-44,59-60H,7-18,25-28,33-36,45-52H2,1-2H3/t59-,60-/m0/s1. The van der Waals surface area contributed by atoms with Gasteiger partial charge in [-0.05, 0) is 99.6 Å². The molecule has 0 spiro atoms. The monoisotopic (exact) mass is 1040 g/mol. The van der Waals surface area contributed by atoms with Crippen LogP contribution in [0.1, 0.15) is 151 Å². The number of aryl methyl sites for hydroxylation is 2. The summed E-state index contributed by atoms with van der Waals surface area (Å²) in [6.45, 7) is 5.65. The first-order chi connectivity index (χ1) is 37.2. The molecule has 0 radical (unpaired) electrons. The molecule has 4 rings (SSSR count). The Morgan fingerprint density at radius 2 is 0.750 bits per heavy atom. The molecule has 0 aromatic heterocycles. The Kier molecular flexibility index (Phi) is 33.2. The van der Waals surface area contributed by atoms with E-state index in [9.17, 15) is 19.2 Å². The lowest BCUT2D eigenvalue weighted by Gasteiger charge is -2.18. The van der Waals surface area contributed by atoms with Crippen molar-refractivity contribution in [2.45, 2.75) is 168 Å².